The van der Waals surface area contributed by atoms with Gasteiger partial charge < -0.3 is 14.7 Å². The van der Waals surface area contributed by atoms with Gasteiger partial charge in [-0.3, -0.25) is 4.90 Å². The lowest BCUT2D eigenvalue weighted by Crippen LogP contribution is -2.49. The van der Waals surface area contributed by atoms with E-state index in [4.69, 9.17) is 4.74 Å². The molecule has 0 saturated carbocycles. The molecule has 21 heavy (non-hydrogen) atoms. The van der Waals surface area contributed by atoms with Crippen molar-refractivity contribution in [2.24, 2.45) is 5.92 Å². The molecule has 1 fully saturated rings. The summed E-state index contributed by atoms with van der Waals surface area (Å²) in [6.45, 7) is 5.87. The minimum absolute atomic E-state index is 0.256. The molecular formula is C17H28N2O2. The van der Waals surface area contributed by atoms with Gasteiger partial charge in [0.2, 0.25) is 0 Å². The number of hydrogen-bond acceptors (Lipinski definition) is 4. The lowest BCUT2D eigenvalue weighted by Gasteiger charge is -2.41. The van der Waals surface area contributed by atoms with Gasteiger partial charge in [0, 0.05) is 43.8 Å². The number of rotatable bonds is 6. The lowest BCUT2D eigenvalue weighted by atomic mass is 9.91. The van der Waals surface area contributed by atoms with Crippen LogP contribution in [-0.2, 0) is 6.54 Å². The first kappa shape index (κ1) is 16.3. The molecule has 4 heteroatoms. The lowest BCUT2D eigenvalue weighted by molar-refractivity contribution is 0.0451. The number of piperidine rings is 1. The van der Waals surface area contributed by atoms with Crippen LogP contribution in [0.3, 0.4) is 0 Å². The van der Waals surface area contributed by atoms with Crippen LogP contribution in [0.4, 0.5) is 0 Å². The predicted molar refractivity (Wildman–Crippen MR) is 85.6 cm³/mol. The van der Waals surface area contributed by atoms with Crippen LogP contribution in [0.25, 0.3) is 0 Å². The van der Waals surface area contributed by atoms with E-state index in [9.17, 15) is 5.11 Å². The van der Waals surface area contributed by atoms with Gasteiger partial charge in [-0.1, -0.05) is 18.2 Å². The molecule has 2 rings (SSSR count). The molecule has 0 aromatic heterocycles. The van der Waals surface area contributed by atoms with Crippen LogP contribution in [0.1, 0.15) is 18.9 Å². The minimum atomic E-state index is 0.256. The van der Waals surface area contributed by atoms with Crippen molar-refractivity contribution >= 4 is 0 Å². The second-order valence-corrected chi connectivity index (χ2v) is 6.04. The van der Waals surface area contributed by atoms with Gasteiger partial charge in [-0.15, -0.1) is 0 Å². The van der Waals surface area contributed by atoms with Gasteiger partial charge in [-0.25, -0.2) is 0 Å². The average Bonchev–Trinajstić information content (AvgIpc) is 2.49. The van der Waals surface area contributed by atoms with Crippen LogP contribution in [0.15, 0.2) is 24.3 Å². The van der Waals surface area contributed by atoms with Crippen LogP contribution in [0, 0.1) is 5.92 Å². The number of aliphatic hydroxyl groups excluding tert-OH is 1. The van der Waals surface area contributed by atoms with Crippen molar-refractivity contribution in [3.63, 3.8) is 0 Å². The largest absolute Gasteiger partial charge is 0.494 e. The standard InChI is InChI=1S/C17H28N2O2/c1-4-21-17-8-6-5-7-14(17)11-19-10-9-16(18(2)3)15(12-19)13-20/h5-8,15-16,20H,4,9-13H2,1-3H3. The Morgan fingerprint density at radius 3 is 2.76 bits per heavy atom. The Morgan fingerprint density at radius 2 is 2.10 bits per heavy atom. The third-order valence-corrected chi connectivity index (χ3v) is 4.34. The van der Waals surface area contributed by atoms with Gasteiger partial charge in [0.1, 0.15) is 5.75 Å². The maximum atomic E-state index is 9.65. The van der Waals surface area contributed by atoms with Crippen molar-refractivity contribution in [1.29, 1.82) is 0 Å². The van der Waals surface area contributed by atoms with E-state index in [2.05, 4.69) is 36.0 Å². The second-order valence-electron chi connectivity index (χ2n) is 6.04. The summed E-state index contributed by atoms with van der Waals surface area (Å²) in [7, 11) is 4.21. The summed E-state index contributed by atoms with van der Waals surface area (Å²) in [6, 6.07) is 8.73. The number of para-hydroxylation sites is 1. The molecule has 0 radical (unpaired) electrons. The maximum Gasteiger partial charge on any atom is 0.123 e. The molecule has 4 nitrogen and oxygen atoms in total. The monoisotopic (exact) mass is 292 g/mol. The van der Waals surface area contributed by atoms with Gasteiger partial charge in [0.25, 0.3) is 0 Å². The first-order chi connectivity index (χ1) is 10.2. The van der Waals surface area contributed by atoms with E-state index >= 15 is 0 Å². The second kappa shape index (κ2) is 7.78. The molecule has 1 saturated heterocycles. The van der Waals surface area contributed by atoms with E-state index in [0.29, 0.717) is 18.6 Å². The zero-order chi connectivity index (χ0) is 15.2. The van der Waals surface area contributed by atoms with Crippen molar-refractivity contribution in [2.75, 3.05) is 40.4 Å². The molecule has 0 spiro atoms. The van der Waals surface area contributed by atoms with E-state index in [1.807, 2.05) is 19.1 Å². The Balaban J connectivity index is 2.01. The van der Waals surface area contributed by atoms with Gasteiger partial charge in [-0.05, 0) is 33.5 Å². The summed E-state index contributed by atoms with van der Waals surface area (Å²) >= 11 is 0. The zero-order valence-corrected chi connectivity index (χ0v) is 13.5. The van der Waals surface area contributed by atoms with Crippen LogP contribution in [0.5, 0.6) is 5.75 Å². The van der Waals surface area contributed by atoms with Gasteiger partial charge >= 0.3 is 0 Å². The minimum Gasteiger partial charge on any atom is -0.494 e. The highest BCUT2D eigenvalue weighted by molar-refractivity contribution is 5.33. The highest BCUT2D eigenvalue weighted by Gasteiger charge is 2.30. The van der Waals surface area contributed by atoms with Gasteiger partial charge in [0.05, 0.1) is 6.61 Å². The van der Waals surface area contributed by atoms with Crippen LogP contribution in [0.2, 0.25) is 0 Å². The molecule has 1 N–H and O–H groups in total. The summed E-state index contributed by atoms with van der Waals surface area (Å²) in [5.74, 6) is 1.31. The maximum absolute atomic E-state index is 9.65. The molecule has 1 aromatic carbocycles. The van der Waals surface area contributed by atoms with Crippen LogP contribution >= 0.6 is 0 Å². The Bertz CT molecular complexity index is 437. The number of ether oxygens (including phenoxy) is 1. The Hall–Kier alpha value is -1.10. The Labute approximate surface area is 128 Å². The summed E-state index contributed by atoms with van der Waals surface area (Å²) in [4.78, 5) is 4.67. The zero-order valence-electron chi connectivity index (χ0n) is 13.5. The molecule has 2 atom stereocenters. The summed E-state index contributed by atoms with van der Waals surface area (Å²) in [5.41, 5.74) is 1.24. The molecule has 1 heterocycles. The van der Waals surface area contributed by atoms with Crippen molar-refractivity contribution in [3.05, 3.63) is 29.8 Å². The molecule has 1 aliphatic heterocycles. The average molecular weight is 292 g/mol. The molecule has 2 unspecified atom stereocenters. The van der Waals surface area contributed by atoms with E-state index < -0.39 is 0 Å². The first-order valence-electron chi connectivity index (χ1n) is 7.86. The number of hydrogen-bond donors (Lipinski definition) is 1. The third-order valence-electron chi connectivity index (χ3n) is 4.34. The van der Waals surface area contributed by atoms with Crippen molar-refractivity contribution in [3.8, 4) is 5.75 Å². The number of likely N-dealkylation sites (tertiary alicyclic amines) is 1. The fourth-order valence-corrected chi connectivity index (χ4v) is 3.27. The van der Waals surface area contributed by atoms with Crippen molar-refractivity contribution < 1.29 is 9.84 Å². The summed E-state index contributed by atoms with van der Waals surface area (Å²) < 4.78 is 5.71. The van der Waals surface area contributed by atoms with E-state index in [1.165, 1.54) is 5.56 Å². The third kappa shape index (κ3) is 4.19. The highest BCUT2D eigenvalue weighted by atomic mass is 16.5. The molecule has 1 aromatic rings. The summed E-state index contributed by atoms with van der Waals surface area (Å²) in [6.07, 6.45) is 1.11. The van der Waals surface area contributed by atoms with Crippen molar-refractivity contribution in [2.45, 2.75) is 25.9 Å². The smallest absolute Gasteiger partial charge is 0.123 e. The Kier molecular flexibility index (Phi) is 6.03. The van der Waals surface area contributed by atoms with E-state index in [-0.39, 0.29) is 6.61 Å². The quantitative estimate of drug-likeness (QED) is 0.868. The molecule has 118 valence electrons. The fraction of sp³-hybridized carbons (Fsp3) is 0.647. The number of nitrogens with zero attached hydrogens (tertiary/aromatic N) is 2. The van der Waals surface area contributed by atoms with E-state index in [0.717, 1.165) is 31.8 Å². The SMILES string of the molecule is CCOc1ccccc1CN1CCC(N(C)C)C(CO)C1. The molecule has 0 amide bonds. The van der Waals surface area contributed by atoms with E-state index in [1.54, 1.807) is 0 Å². The van der Waals surface area contributed by atoms with Gasteiger partial charge in [-0.2, -0.15) is 0 Å². The molecule has 0 aliphatic carbocycles. The van der Waals surface area contributed by atoms with Crippen LogP contribution in [-0.4, -0.2) is 61.3 Å². The van der Waals surface area contributed by atoms with Gasteiger partial charge in [0.15, 0.2) is 0 Å². The molecule has 1 aliphatic rings. The Morgan fingerprint density at radius 1 is 1.33 bits per heavy atom. The number of aliphatic hydroxyl groups is 1. The highest BCUT2D eigenvalue weighted by Crippen LogP contribution is 2.25. The normalized spacial score (nSPS) is 23.5. The number of benzene rings is 1. The topological polar surface area (TPSA) is 35.9 Å². The van der Waals surface area contributed by atoms with Crippen molar-refractivity contribution in [1.82, 2.24) is 9.80 Å². The van der Waals surface area contributed by atoms with Crippen LogP contribution < -0.4 is 4.74 Å². The first-order valence-corrected chi connectivity index (χ1v) is 7.86. The fourth-order valence-electron chi connectivity index (χ4n) is 3.27. The predicted octanol–water partition coefficient (Wildman–Crippen LogP) is 1.83. The molecule has 0 bridgehead atoms. The summed E-state index contributed by atoms with van der Waals surface area (Å²) in [5, 5.41) is 9.65. The molecular weight excluding hydrogens is 264 g/mol.